The van der Waals surface area contributed by atoms with Gasteiger partial charge < -0.3 is 15.0 Å². The maximum Gasteiger partial charge on any atom is 0.407 e. The Balaban J connectivity index is 1.28. The van der Waals surface area contributed by atoms with Crippen molar-refractivity contribution in [3.8, 4) is 0 Å². The van der Waals surface area contributed by atoms with Crippen molar-refractivity contribution in [3.63, 3.8) is 0 Å². The summed E-state index contributed by atoms with van der Waals surface area (Å²) in [5, 5.41) is 2.78. The molecule has 4 rings (SSSR count). The topological polar surface area (TPSA) is 58.6 Å². The second kappa shape index (κ2) is 7.33. The number of nitrogens with zero attached hydrogens (tertiary/aromatic N) is 1. The average Bonchev–Trinajstić information content (AvgIpc) is 3.07. The Labute approximate surface area is 174 Å². The molecule has 2 saturated carbocycles. The molecule has 3 aliphatic rings. The Bertz CT molecular complexity index is 786. The molecule has 2 aliphatic carbocycles. The van der Waals surface area contributed by atoms with Gasteiger partial charge in [0.2, 0.25) is 5.91 Å². The van der Waals surface area contributed by atoms with Gasteiger partial charge in [-0.3, -0.25) is 4.79 Å². The normalized spacial score (nSPS) is 27.9. The number of hydrogen-bond donors (Lipinski definition) is 1. The van der Waals surface area contributed by atoms with Crippen LogP contribution in [0.4, 0.5) is 4.79 Å². The minimum absolute atomic E-state index is 0.0650. The molecule has 0 radical (unpaired) electrons. The van der Waals surface area contributed by atoms with E-state index in [1.807, 2.05) is 4.90 Å². The van der Waals surface area contributed by atoms with Gasteiger partial charge in [-0.25, -0.2) is 4.79 Å². The molecule has 1 unspecified atom stereocenters. The van der Waals surface area contributed by atoms with E-state index >= 15 is 0 Å². The summed E-state index contributed by atoms with van der Waals surface area (Å²) in [6, 6.07) is 9.20. The number of carbonyl (C=O) groups excluding carboxylic acids is 2. The monoisotopic (exact) mass is 398 g/mol. The number of ether oxygens (including phenoxy) is 1. The van der Waals surface area contributed by atoms with Crippen LogP contribution in [0.25, 0.3) is 0 Å². The predicted octanol–water partition coefficient (Wildman–Crippen LogP) is 4.21. The van der Waals surface area contributed by atoms with Crippen LogP contribution in [-0.2, 0) is 14.9 Å². The zero-order valence-corrected chi connectivity index (χ0v) is 18.2. The first-order valence-electron chi connectivity index (χ1n) is 10.9. The van der Waals surface area contributed by atoms with E-state index in [1.54, 1.807) is 0 Å². The van der Waals surface area contributed by atoms with Crippen molar-refractivity contribution in [2.45, 2.75) is 70.3 Å². The summed E-state index contributed by atoms with van der Waals surface area (Å²) in [7, 11) is 1.37. The maximum atomic E-state index is 12.7. The summed E-state index contributed by atoms with van der Waals surface area (Å²) in [5.41, 5.74) is 3.37. The van der Waals surface area contributed by atoms with E-state index in [4.69, 9.17) is 0 Å². The van der Waals surface area contributed by atoms with E-state index in [1.165, 1.54) is 37.5 Å². The maximum absolute atomic E-state index is 12.7. The van der Waals surface area contributed by atoms with Crippen LogP contribution in [0.2, 0.25) is 0 Å². The largest absolute Gasteiger partial charge is 0.453 e. The average molecular weight is 399 g/mol. The Morgan fingerprint density at radius 3 is 2.59 bits per heavy atom. The third kappa shape index (κ3) is 4.01. The molecule has 1 N–H and O–H groups in total. The quantitative estimate of drug-likeness (QED) is 0.830. The number of amides is 2. The second-order valence-corrected chi connectivity index (χ2v) is 10.5. The van der Waals surface area contributed by atoms with Crippen LogP contribution in [0.3, 0.4) is 0 Å². The van der Waals surface area contributed by atoms with Gasteiger partial charge in [-0.05, 0) is 54.6 Å². The van der Waals surface area contributed by atoms with Crippen molar-refractivity contribution < 1.29 is 14.3 Å². The van der Waals surface area contributed by atoms with E-state index in [0.717, 1.165) is 25.9 Å². The van der Waals surface area contributed by atoms with Gasteiger partial charge in [0.15, 0.2) is 0 Å². The first-order valence-corrected chi connectivity index (χ1v) is 10.9. The SMILES string of the molecule is COC(=O)NC1CC(C(=O)N2CC3(CCC(c4cccc(C(C)(C)C)c4)C3)C2)C1. The van der Waals surface area contributed by atoms with Crippen LogP contribution in [0.1, 0.15) is 69.9 Å². The van der Waals surface area contributed by atoms with E-state index in [0.29, 0.717) is 11.3 Å². The highest BCUT2D eigenvalue weighted by Gasteiger charge is 2.51. The minimum atomic E-state index is -0.406. The smallest absolute Gasteiger partial charge is 0.407 e. The fourth-order valence-electron chi connectivity index (χ4n) is 5.38. The van der Waals surface area contributed by atoms with E-state index < -0.39 is 6.09 Å². The zero-order valence-electron chi connectivity index (χ0n) is 18.2. The molecule has 3 fully saturated rings. The molecule has 1 saturated heterocycles. The molecule has 0 bridgehead atoms. The zero-order chi connectivity index (χ0) is 20.8. The summed E-state index contributed by atoms with van der Waals surface area (Å²) in [6.45, 7) is 8.62. The lowest BCUT2D eigenvalue weighted by Gasteiger charge is -2.51. The Kier molecular flexibility index (Phi) is 5.12. The molecule has 29 heavy (non-hydrogen) atoms. The number of likely N-dealkylation sites (tertiary alicyclic amines) is 1. The van der Waals surface area contributed by atoms with Crippen molar-refractivity contribution >= 4 is 12.0 Å². The third-order valence-corrected chi connectivity index (χ3v) is 7.29. The Morgan fingerprint density at radius 2 is 1.93 bits per heavy atom. The number of nitrogens with one attached hydrogen (secondary N) is 1. The molecule has 1 aromatic rings. The van der Waals surface area contributed by atoms with Gasteiger partial charge in [0, 0.05) is 30.5 Å². The lowest BCUT2D eigenvalue weighted by Crippen LogP contribution is -2.61. The first-order chi connectivity index (χ1) is 13.7. The van der Waals surface area contributed by atoms with Crippen LogP contribution in [0.5, 0.6) is 0 Å². The number of benzene rings is 1. The molecule has 1 heterocycles. The van der Waals surface area contributed by atoms with E-state index in [-0.39, 0.29) is 23.3 Å². The summed E-state index contributed by atoms with van der Waals surface area (Å²) in [6.07, 6.45) is 4.71. The van der Waals surface area contributed by atoms with Gasteiger partial charge in [-0.2, -0.15) is 0 Å². The Morgan fingerprint density at radius 1 is 1.21 bits per heavy atom. The van der Waals surface area contributed by atoms with Crippen molar-refractivity contribution in [2.75, 3.05) is 20.2 Å². The van der Waals surface area contributed by atoms with Crippen molar-refractivity contribution in [3.05, 3.63) is 35.4 Å². The van der Waals surface area contributed by atoms with Crippen LogP contribution in [0, 0.1) is 11.3 Å². The van der Waals surface area contributed by atoms with Gasteiger partial charge in [0.05, 0.1) is 7.11 Å². The second-order valence-electron chi connectivity index (χ2n) is 10.5. The highest BCUT2D eigenvalue weighted by molar-refractivity contribution is 5.81. The molecule has 1 aliphatic heterocycles. The van der Waals surface area contributed by atoms with Crippen LogP contribution >= 0.6 is 0 Å². The molecule has 5 nitrogen and oxygen atoms in total. The van der Waals surface area contributed by atoms with Gasteiger partial charge >= 0.3 is 6.09 Å². The Hall–Kier alpha value is -2.04. The summed E-state index contributed by atoms with van der Waals surface area (Å²) in [5.74, 6) is 0.957. The molecule has 2 amide bonds. The van der Waals surface area contributed by atoms with Gasteiger partial charge in [-0.15, -0.1) is 0 Å². The fraction of sp³-hybridized carbons (Fsp3) is 0.667. The van der Waals surface area contributed by atoms with Crippen molar-refractivity contribution in [2.24, 2.45) is 11.3 Å². The number of methoxy groups -OCH3 is 1. The number of carbonyl (C=O) groups is 2. The molecule has 5 heteroatoms. The molecular weight excluding hydrogens is 364 g/mol. The molecular formula is C24H34N2O3. The minimum Gasteiger partial charge on any atom is -0.453 e. The predicted molar refractivity (Wildman–Crippen MR) is 113 cm³/mol. The molecule has 1 atom stereocenters. The highest BCUT2D eigenvalue weighted by Crippen LogP contribution is 2.52. The van der Waals surface area contributed by atoms with Crippen molar-refractivity contribution in [1.82, 2.24) is 10.2 Å². The first kappa shape index (κ1) is 20.2. The number of hydrogen-bond acceptors (Lipinski definition) is 3. The van der Waals surface area contributed by atoms with Crippen molar-refractivity contribution in [1.29, 1.82) is 0 Å². The van der Waals surface area contributed by atoms with Crippen LogP contribution in [0.15, 0.2) is 24.3 Å². The van der Waals surface area contributed by atoms with Gasteiger partial charge in [0.25, 0.3) is 0 Å². The third-order valence-electron chi connectivity index (χ3n) is 7.29. The number of alkyl carbamates (subject to hydrolysis) is 1. The van der Waals surface area contributed by atoms with Crippen LogP contribution in [-0.4, -0.2) is 43.1 Å². The van der Waals surface area contributed by atoms with Gasteiger partial charge in [0.1, 0.15) is 0 Å². The lowest BCUT2D eigenvalue weighted by atomic mass is 9.73. The summed E-state index contributed by atoms with van der Waals surface area (Å²) >= 11 is 0. The van der Waals surface area contributed by atoms with E-state index in [2.05, 4.69) is 55.1 Å². The van der Waals surface area contributed by atoms with Gasteiger partial charge in [-0.1, -0.05) is 45.0 Å². The molecule has 1 aromatic carbocycles. The molecule has 1 spiro atoms. The number of rotatable bonds is 3. The summed E-state index contributed by atoms with van der Waals surface area (Å²) in [4.78, 5) is 26.0. The highest BCUT2D eigenvalue weighted by atomic mass is 16.5. The fourth-order valence-corrected chi connectivity index (χ4v) is 5.38. The summed E-state index contributed by atoms with van der Waals surface area (Å²) < 4.78 is 4.62. The molecule has 0 aromatic heterocycles. The van der Waals surface area contributed by atoms with E-state index in [9.17, 15) is 9.59 Å². The standard InChI is InChI=1S/C24H34N2O3/c1-23(2,3)19-7-5-6-16(10-19)17-8-9-24(13-17)14-26(15-24)21(27)18-11-20(12-18)25-22(28)29-4/h5-7,10,17-18,20H,8-9,11-15H2,1-4H3,(H,25,28). The lowest BCUT2D eigenvalue weighted by molar-refractivity contribution is -0.151. The molecule has 158 valence electrons. The van der Waals surface area contributed by atoms with Crippen LogP contribution < -0.4 is 5.32 Å².